The van der Waals surface area contributed by atoms with Gasteiger partial charge in [-0.05, 0) is 58.7 Å². The van der Waals surface area contributed by atoms with Gasteiger partial charge in [-0.25, -0.2) is 0 Å². The molecule has 1 aliphatic rings. The van der Waals surface area contributed by atoms with Crippen LogP contribution in [0.25, 0.3) is 0 Å². The second kappa shape index (κ2) is 8.54. The van der Waals surface area contributed by atoms with Crippen LogP contribution in [0.1, 0.15) is 47.0 Å². The fourth-order valence-corrected chi connectivity index (χ4v) is 2.41. The summed E-state index contributed by atoms with van der Waals surface area (Å²) in [5, 5.41) is 6.36. The molecular formula is C15H31N3O. The van der Waals surface area contributed by atoms with Gasteiger partial charge in [0.05, 0.1) is 6.04 Å². The molecule has 4 heteroatoms. The summed E-state index contributed by atoms with van der Waals surface area (Å²) in [6.45, 7) is 12.9. The van der Waals surface area contributed by atoms with Crippen LogP contribution in [-0.2, 0) is 4.79 Å². The molecule has 1 aliphatic heterocycles. The standard InChI is InChI=1S/C15H31N3O/c1-5-13(3)17-15(19)14(4)16-10-12(2)11-18-8-6-7-9-18/h12-14,16H,5-11H2,1-4H3,(H,17,19). The van der Waals surface area contributed by atoms with Crippen molar-refractivity contribution in [3.05, 3.63) is 0 Å². The lowest BCUT2D eigenvalue weighted by Crippen LogP contribution is -2.47. The van der Waals surface area contributed by atoms with Crippen LogP contribution in [-0.4, -0.2) is 49.1 Å². The summed E-state index contributed by atoms with van der Waals surface area (Å²) in [5.74, 6) is 0.708. The van der Waals surface area contributed by atoms with Gasteiger partial charge in [0, 0.05) is 12.6 Å². The maximum absolute atomic E-state index is 11.9. The molecule has 4 nitrogen and oxygen atoms in total. The molecule has 0 aromatic rings. The molecule has 1 amide bonds. The van der Waals surface area contributed by atoms with Crippen molar-refractivity contribution in [2.45, 2.75) is 59.0 Å². The van der Waals surface area contributed by atoms with Gasteiger partial charge in [0.15, 0.2) is 0 Å². The van der Waals surface area contributed by atoms with Crippen LogP contribution in [0.5, 0.6) is 0 Å². The lowest BCUT2D eigenvalue weighted by Gasteiger charge is -2.23. The minimum absolute atomic E-state index is 0.102. The molecule has 3 atom stereocenters. The summed E-state index contributed by atoms with van der Waals surface area (Å²) < 4.78 is 0. The number of rotatable bonds is 8. The Kier molecular flexibility index (Phi) is 7.39. The fourth-order valence-electron chi connectivity index (χ4n) is 2.41. The lowest BCUT2D eigenvalue weighted by molar-refractivity contribution is -0.123. The van der Waals surface area contributed by atoms with Crippen molar-refractivity contribution in [2.75, 3.05) is 26.2 Å². The Labute approximate surface area is 118 Å². The number of nitrogens with one attached hydrogen (secondary N) is 2. The number of carbonyl (C=O) groups excluding carboxylic acids is 1. The Bertz CT molecular complexity index is 264. The van der Waals surface area contributed by atoms with Crippen LogP contribution in [0.4, 0.5) is 0 Å². The van der Waals surface area contributed by atoms with E-state index < -0.39 is 0 Å². The van der Waals surface area contributed by atoms with E-state index in [2.05, 4.69) is 29.4 Å². The first kappa shape index (κ1) is 16.4. The summed E-state index contributed by atoms with van der Waals surface area (Å²) in [4.78, 5) is 14.4. The van der Waals surface area contributed by atoms with Crippen molar-refractivity contribution in [3.63, 3.8) is 0 Å². The van der Waals surface area contributed by atoms with Crippen LogP contribution < -0.4 is 10.6 Å². The van der Waals surface area contributed by atoms with Gasteiger partial charge in [0.2, 0.25) is 5.91 Å². The van der Waals surface area contributed by atoms with Crippen LogP contribution in [0.3, 0.4) is 0 Å². The van der Waals surface area contributed by atoms with Crippen LogP contribution in [0.15, 0.2) is 0 Å². The molecule has 1 fully saturated rings. The Balaban J connectivity index is 2.17. The van der Waals surface area contributed by atoms with Gasteiger partial charge in [0.25, 0.3) is 0 Å². The van der Waals surface area contributed by atoms with E-state index in [4.69, 9.17) is 0 Å². The monoisotopic (exact) mass is 269 g/mol. The molecule has 1 heterocycles. The van der Waals surface area contributed by atoms with Gasteiger partial charge < -0.3 is 15.5 Å². The second-order valence-electron chi connectivity index (χ2n) is 6.06. The zero-order valence-electron chi connectivity index (χ0n) is 13.0. The Morgan fingerprint density at radius 2 is 1.84 bits per heavy atom. The van der Waals surface area contributed by atoms with Crippen molar-refractivity contribution in [2.24, 2.45) is 5.92 Å². The zero-order valence-corrected chi connectivity index (χ0v) is 13.0. The first-order valence-electron chi connectivity index (χ1n) is 7.79. The third-order valence-corrected chi connectivity index (χ3v) is 3.94. The number of hydrogen-bond donors (Lipinski definition) is 2. The van der Waals surface area contributed by atoms with Crippen molar-refractivity contribution >= 4 is 5.91 Å². The quantitative estimate of drug-likeness (QED) is 0.704. The minimum atomic E-state index is -0.102. The summed E-state index contributed by atoms with van der Waals surface area (Å²) >= 11 is 0. The van der Waals surface area contributed by atoms with Crippen LogP contribution in [0, 0.1) is 5.92 Å². The van der Waals surface area contributed by atoms with Crippen LogP contribution in [0.2, 0.25) is 0 Å². The maximum atomic E-state index is 11.9. The highest BCUT2D eigenvalue weighted by Crippen LogP contribution is 2.09. The van der Waals surface area contributed by atoms with Crippen molar-refractivity contribution in [3.8, 4) is 0 Å². The Morgan fingerprint density at radius 1 is 1.21 bits per heavy atom. The van der Waals surface area contributed by atoms with E-state index in [1.54, 1.807) is 0 Å². The van der Waals surface area contributed by atoms with Gasteiger partial charge in [0.1, 0.15) is 0 Å². The molecule has 0 radical (unpaired) electrons. The molecule has 1 rings (SSSR count). The topological polar surface area (TPSA) is 44.4 Å². The largest absolute Gasteiger partial charge is 0.352 e. The molecule has 0 saturated carbocycles. The average Bonchev–Trinajstić information content (AvgIpc) is 2.88. The van der Waals surface area contributed by atoms with Gasteiger partial charge in [-0.3, -0.25) is 4.79 Å². The van der Waals surface area contributed by atoms with E-state index in [1.165, 1.54) is 25.9 Å². The van der Waals surface area contributed by atoms with Gasteiger partial charge in [-0.1, -0.05) is 13.8 Å². The highest BCUT2D eigenvalue weighted by molar-refractivity contribution is 5.81. The smallest absolute Gasteiger partial charge is 0.237 e. The number of nitrogens with zero attached hydrogens (tertiary/aromatic N) is 1. The molecule has 112 valence electrons. The molecule has 0 aromatic carbocycles. The number of amides is 1. The third-order valence-electron chi connectivity index (χ3n) is 3.94. The zero-order chi connectivity index (χ0) is 14.3. The van der Waals surface area contributed by atoms with Gasteiger partial charge in [-0.15, -0.1) is 0 Å². The Hall–Kier alpha value is -0.610. The number of hydrogen-bond acceptors (Lipinski definition) is 3. The van der Waals surface area contributed by atoms with E-state index >= 15 is 0 Å². The van der Waals surface area contributed by atoms with Crippen molar-refractivity contribution in [1.29, 1.82) is 0 Å². The van der Waals surface area contributed by atoms with E-state index in [0.717, 1.165) is 19.5 Å². The molecule has 0 aromatic heterocycles. The van der Waals surface area contributed by atoms with E-state index in [0.29, 0.717) is 5.92 Å². The lowest BCUT2D eigenvalue weighted by atomic mass is 10.1. The minimum Gasteiger partial charge on any atom is -0.352 e. The van der Waals surface area contributed by atoms with E-state index in [9.17, 15) is 4.79 Å². The van der Waals surface area contributed by atoms with Gasteiger partial charge >= 0.3 is 0 Å². The molecule has 0 aliphatic carbocycles. The van der Waals surface area contributed by atoms with E-state index in [1.807, 2.05) is 13.8 Å². The average molecular weight is 269 g/mol. The summed E-state index contributed by atoms with van der Waals surface area (Å²) in [5.41, 5.74) is 0. The van der Waals surface area contributed by atoms with Crippen LogP contribution >= 0.6 is 0 Å². The van der Waals surface area contributed by atoms with E-state index in [-0.39, 0.29) is 18.0 Å². The van der Waals surface area contributed by atoms with Crippen molar-refractivity contribution in [1.82, 2.24) is 15.5 Å². The molecule has 3 unspecified atom stereocenters. The molecule has 19 heavy (non-hydrogen) atoms. The highest BCUT2D eigenvalue weighted by atomic mass is 16.2. The number of likely N-dealkylation sites (tertiary alicyclic amines) is 1. The summed E-state index contributed by atoms with van der Waals surface area (Å²) in [6.07, 6.45) is 3.66. The predicted octanol–water partition coefficient (Wildman–Crippen LogP) is 1.61. The SMILES string of the molecule is CCC(C)NC(=O)C(C)NCC(C)CN1CCCC1. The van der Waals surface area contributed by atoms with Crippen molar-refractivity contribution < 1.29 is 4.79 Å². The Morgan fingerprint density at radius 3 is 2.42 bits per heavy atom. The summed E-state index contributed by atoms with van der Waals surface area (Å²) in [7, 11) is 0. The molecule has 0 spiro atoms. The molecule has 2 N–H and O–H groups in total. The first-order chi connectivity index (χ1) is 9.02. The fraction of sp³-hybridized carbons (Fsp3) is 0.933. The number of carbonyl (C=O) groups is 1. The first-order valence-corrected chi connectivity index (χ1v) is 7.79. The maximum Gasteiger partial charge on any atom is 0.237 e. The van der Waals surface area contributed by atoms with Gasteiger partial charge in [-0.2, -0.15) is 0 Å². The molecular weight excluding hydrogens is 238 g/mol. The predicted molar refractivity (Wildman–Crippen MR) is 80.2 cm³/mol. The molecule has 1 saturated heterocycles. The molecule has 0 bridgehead atoms. The second-order valence-corrected chi connectivity index (χ2v) is 6.06. The summed E-state index contributed by atoms with van der Waals surface area (Å²) in [6, 6.07) is 0.161. The normalized spacial score (nSPS) is 21.1. The third kappa shape index (κ3) is 6.39. The highest BCUT2D eigenvalue weighted by Gasteiger charge is 2.17.